The number of ether oxygens (including phenoxy) is 1. The molecule has 1 aliphatic heterocycles. The van der Waals surface area contributed by atoms with Crippen LogP contribution in [0.25, 0.3) is 0 Å². The molecular formula is C9H18O5S. The molecule has 5 unspecified atom stereocenters. The summed E-state index contributed by atoms with van der Waals surface area (Å²) in [6, 6.07) is 0. The van der Waals surface area contributed by atoms with Crippen LogP contribution in [0.15, 0.2) is 0 Å². The van der Waals surface area contributed by atoms with E-state index in [4.69, 9.17) is 9.84 Å². The molecule has 0 amide bonds. The maximum atomic E-state index is 9.61. The van der Waals surface area contributed by atoms with Gasteiger partial charge in [0.15, 0.2) is 0 Å². The Labute approximate surface area is 93.1 Å². The third kappa shape index (κ3) is 3.05. The van der Waals surface area contributed by atoms with Gasteiger partial charge in [-0.25, -0.2) is 0 Å². The smallest absolute Gasteiger partial charge is 0.132 e. The molecule has 4 N–H and O–H groups in total. The van der Waals surface area contributed by atoms with Crippen LogP contribution < -0.4 is 0 Å². The first-order chi connectivity index (χ1) is 7.11. The minimum Gasteiger partial charge on any atom is -0.395 e. The molecular weight excluding hydrogens is 220 g/mol. The fraction of sp³-hybridized carbons (Fsp3) is 1.00. The molecule has 5 atom stereocenters. The van der Waals surface area contributed by atoms with Crippen LogP contribution in [-0.2, 0) is 4.74 Å². The van der Waals surface area contributed by atoms with Crippen molar-refractivity contribution in [3.63, 3.8) is 0 Å². The molecule has 1 saturated heterocycles. The van der Waals surface area contributed by atoms with Crippen LogP contribution >= 0.6 is 11.8 Å². The fourth-order valence-electron chi connectivity index (χ4n) is 1.44. The Morgan fingerprint density at radius 2 is 1.80 bits per heavy atom. The number of hydrogen-bond acceptors (Lipinski definition) is 6. The Morgan fingerprint density at radius 1 is 1.13 bits per heavy atom. The third-order valence-corrected chi connectivity index (χ3v) is 3.80. The second-order valence-electron chi connectivity index (χ2n) is 3.57. The molecule has 0 aromatic carbocycles. The Balaban J connectivity index is 2.57. The standard InChI is InChI=1S/C9H18O5S/c1-2-3-14-9-8(13)7(12)6(11)5(4-10)15-9/h5-13H,2-4H2,1H3. The van der Waals surface area contributed by atoms with Crippen LogP contribution in [0.5, 0.6) is 0 Å². The average molecular weight is 238 g/mol. The summed E-state index contributed by atoms with van der Waals surface area (Å²) in [7, 11) is 0. The van der Waals surface area contributed by atoms with Gasteiger partial charge in [-0.15, -0.1) is 11.8 Å². The number of aliphatic hydroxyl groups is 4. The van der Waals surface area contributed by atoms with Gasteiger partial charge in [0, 0.05) is 6.61 Å². The van der Waals surface area contributed by atoms with Crippen molar-refractivity contribution in [1.29, 1.82) is 0 Å². The molecule has 6 heteroatoms. The van der Waals surface area contributed by atoms with Crippen LogP contribution in [0, 0.1) is 0 Å². The van der Waals surface area contributed by atoms with E-state index in [2.05, 4.69) is 0 Å². The molecule has 1 heterocycles. The molecule has 90 valence electrons. The number of aliphatic hydroxyl groups excluding tert-OH is 4. The van der Waals surface area contributed by atoms with Crippen LogP contribution in [0.1, 0.15) is 13.3 Å². The van der Waals surface area contributed by atoms with Gasteiger partial charge in [-0.1, -0.05) is 6.92 Å². The van der Waals surface area contributed by atoms with E-state index in [1.165, 1.54) is 0 Å². The molecule has 1 rings (SSSR count). The summed E-state index contributed by atoms with van der Waals surface area (Å²) in [6.45, 7) is 2.17. The van der Waals surface area contributed by atoms with Gasteiger partial charge in [-0.05, 0) is 6.42 Å². The second-order valence-corrected chi connectivity index (χ2v) is 4.91. The van der Waals surface area contributed by atoms with Gasteiger partial charge in [0.05, 0.1) is 18.0 Å². The van der Waals surface area contributed by atoms with Gasteiger partial charge in [0.1, 0.15) is 17.6 Å². The molecule has 15 heavy (non-hydrogen) atoms. The first kappa shape index (κ1) is 13.2. The van der Waals surface area contributed by atoms with Crippen molar-refractivity contribution in [3.8, 4) is 0 Å². The first-order valence-corrected chi connectivity index (χ1v) is 5.98. The molecule has 0 aromatic rings. The van der Waals surface area contributed by atoms with E-state index >= 15 is 0 Å². The molecule has 1 fully saturated rings. The molecule has 0 radical (unpaired) electrons. The summed E-state index contributed by atoms with van der Waals surface area (Å²) in [5.74, 6) is 0. The largest absolute Gasteiger partial charge is 0.395 e. The number of rotatable bonds is 4. The zero-order valence-electron chi connectivity index (χ0n) is 8.61. The molecule has 0 saturated carbocycles. The second kappa shape index (κ2) is 6.03. The molecule has 0 aliphatic carbocycles. The lowest BCUT2D eigenvalue weighted by Crippen LogP contribution is -2.54. The molecule has 0 aromatic heterocycles. The highest BCUT2D eigenvalue weighted by Crippen LogP contribution is 2.33. The Hall–Kier alpha value is 0.150. The van der Waals surface area contributed by atoms with Crippen molar-refractivity contribution in [3.05, 3.63) is 0 Å². The molecule has 0 spiro atoms. The summed E-state index contributed by atoms with van der Waals surface area (Å²) in [6.07, 6.45) is -2.67. The van der Waals surface area contributed by atoms with E-state index in [0.717, 1.165) is 18.2 Å². The van der Waals surface area contributed by atoms with Crippen molar-refractivity contribution in [2.75, 3.05) is 13.2 Å². The highest BCUT2D eigenvalue weighted by Gasteiger charge is 2.43. The zero-order chi connectivity index (χ0) is 11.4. The summed E-state index contributed by atoms with van der Waals surface area (Å²) < 4.78 is 5.33. The van der Waals surface area contributed by atoms with E-state index in [1.54, 1.807) is 0 Å². The Morgan fingerprint density at radius 3 is 2.33 bits per heavy atom. The van der Waals surface area contributed by atoms with Crippen LogP contribution in [0.2, 0.25) is 0 Å². The maximum Gasteiger partial charge on any atom is 0.132 e. The zero-order valence-corrected chi connectivity index (χ0v) is 9.43. The topological polar surface area (TPSA) is 90.2 Å². The summed E-state index contributed by atoms with van der Waals surface area (Å²) >= 11 is 1.16. The minimum atomic E-state index is -1.26. The van der Waals surface area contributed by atoms with Gasteiger partial charge in [0.2, 0.25) is 0 Å². The molecule has 5 nitrogen and oxygen atoms in total. The highest BCUT2D eigenvalue weighted by atomic mass is 32.2. The van der Waals surface area contributed by atoms with Gasteiger partial charge < -0.3 is 25.2 Å². The predicted molar refractivity (Wildman–Crippen MR) is 56.5 cm³/mol. The van der Waals surface area contributed by atoms with Crippen LogP contribution in [0.3, 0.4) is 0 Å². The van der Waals surface area contributed by atoms with E-state index in [1.807, 2.05) is 6.92 Å². The van der Waals surface area contributed by atoms with Gasteiger partial charge in [0.25, 0.3) is 0 Å². The van der Waals surface area contributed by atoms with Crippen molar-refractivity contribution in [2.24, 2.45) is 0 Å². The predicted octanol–water partition coefficient (Wildman–Crippen LogP) is -1.07. The highest BCUT2D eigenvalue weighted by molar-refractivity contribution is 8.00. The third-order valence-electron chi connectivity index (χ3n) is 2.33. The van der Waals surface area contributed by atoms with Gasteiger partial charge >= 0.3 is 0 Å². The monoisotopic (exact) mass is 238 g/mol. The van der Waals surface area contributed by atoms with E-state index in [-0.39, 0.29) is 6.61 Å². The Kier molecular flexibility index (Phi) is 5.31. The van der Waals surface area contributed by atoms with Crippen molar-refractivity contribution in [1.82, 2.24) is 0 Å². The minimum absolute atomic E-state index is 0.248. The van der Waals surface area contributed by atoms with Gasteiger partial charge in [-0.3, -0.25) is 0 Å². The van der Waals surface area contributed by atoms with E-state index < -0.39 is 29.0 Å². The van der Waals surface area contributed by atoms with E-state index in [9.17, 15) is 15.3 Å². The first-order valence-electron chi connectivity index (χ1n) is 5.04. The summed E-state index contributed by atoms with van der Waals surface area (Å²) in [5.41, 5.74) is -0.583. The summed E-state index contributed by atoms with van der Waals surface area (Å²) in [5, 5.41) is 37.1. The summed E-state index contributed by atoms with van der Waals surface area (Å²) in [4.78, 5) is 0. The van der Waals surface area contributed by atoms with Crippen molar-refractivity contribution >= 4 is 11.8 Å². The number of thioether (sulfide) groups is 1. The quantitative estimate of drug-likeness (QED) is 0.498. The maximum absolute atomic E-state index is 9.61. The van der Waals surface area contributed by atoms with Crippen molar-refractivity contribution in [2.45, 2.75) is 42.3 Å². The average Bonchev–Trinajstić information content (AvgIpc) is 2.25. The molecule has 1 aliphatic rings. The van der Waals surface area contributed by atoms with Crippen molar-refractivity contribution < 1.29 is 25.2 Å². The SMILES string of the molecule is CCCOC1SC(CO)C(O)C(O)C1O. The lowest BCUT2D eigenvalue weighted by molar-refractivity contribution is -0.109. The van der Waals surface area contributed by atoms with E-state index in [0.29, 0.717) is 6.61 Å². The number of hydrogen-bond donors (Lipinski definition) is 4. The normalized spacial score (nSPS) is 41.8. The Bertz CT molecular complexity index is 189. The van der Waals surface area contributed by atoms with Crippen LogP contribution in [-0.4, -0.2) is 62.6 Å². The molecule has 0 bridgehead atoms. The fourth-order valence-corrected chi connectivity index (χ4v) is 2.69. The van der Waals surface area contributed by atoms with Gasteiger partial charge in [-0.2, -0.15) is 0 Å². The lowest BCUT2D eigenvalue weighted by atomic mass is 10.0. The lowest BCUT2D eigenvalue weighted by Gasteiger charge is -2.39. The van der Waals surface area contributed by atoms with Crippen LogP contribution in [0.4, 0.5) is 0 Å².